The Morgan fingerprint density at radius 2 is 2.11 bits per heavy atom. The maximum Gasteiger partial charge on any atom is 0.152 e. The topological polar surface area (TPSA) is 55.4 Å². The minimum atomic E-state index is -2.84. The van der Waals surface area contributed by atoms with E-state index >= 15 is 0 Å². The third-order valence-corrected chi connectivity index (χ3v) is 4.93. The summed E-state index contributed by atoms with van der Waals surface area (Å²) in [5.41, 5.74) is 2.06. The first-order chi connectivity index (χ1) is 8.85. The molecular formula is C14H21NO3S. The van der Waals surface area contributed by atoms with E-state index in [0.29, 0.717) is 6.42 Å². The van der Waals surface area contributed by atoms with Crippen molar-refractivity contribution >= 4 is 15.5 Å². The SMILES string of the molecule is Cc1cc(OC(C)C)ccc1NC1CCS(=O)(=O)C1. The molecule has 1 aliphatic rings. The van der Waals surface area contributed by atoms with Gasteiger partial charge in [0, 0.05) is 11.7 Å². The van der Waals surface area contributed by atoms with Crippen molar-refractivity contribution in [3.05, 3.63) is 23.8 Å². The van der Waals surface area contributed by atoms with Crippen LogP contribution >= 0.6 is 0 Å². The first-order valence-electron chi connectivity index (χ1n) is 6.60. The molecule has 1 N–H and O–H groups in total. The van der Waals surface area contributed by atoms with Gasteiger partial charge in [0.15, 0.2) is 9.84 Å². The van der Waals surface area contributed by atoms with Crippen molar-refractivity contribution in [3.63, 3.8) is 0 Å². The molecule has 1 fully saturated rings. The van der Waals surface area contributed by atoms with E-state index in [1.807, 2.05) is 39.0 Å². The third kappa shape index (κ3) is 3.86. The molecule has 1 unspecified atom stereocenters. The fraction of sp³-hybridized carbons (Fsp3) is 0.571. The summed E-state index contributed by atoms with van der Waals surface area (Å²) in [6.07, 6.45) is 0.838. The average Bonchev–Trinajstić information content (AvgIpc) is 2.61. The number of rotatable bonds is 4. The van der Waals surface area contributed by atoms with E-state index in [1.165, 1.54) is 0 Å². The quantitative estimate of drug-likeness (QED) is 0.922. The molecule has 2 rings (SSSR count). The van der Waals surface area contributed by atoms with Crippen LogP contribution in [0, 0.1) is 6.92 Å². The van der Waals surface area contributed by atoms with Crippen molar-refractivity contribution in [3.8, 4) is 5.75 Å². The molecule has 0 spiro atoms. The number of hydrogen-bond donors (Lipinski definition) is 1. The number of hydrogen-bond acceptors (Lipinski definition) is 4. The number of aryl methyl sites for hydroxylation is 1. The van der Waals surface area contributed by atoms with Crippen LogP contribution in [0.1, 0.15) is 25.8 Å². The van der Waals surface area contributed by atoms with Gasteiger partial charge in [-0.3, -0.25) is 0 Å². The van der Waals surface area contributed by atoms with Gasteiger partial charge in [-0.15, -0.1) is 0 Å². The van der Waals surface area contributed by atoms with Crippen LogP contribution in [0.3, 0.4) is 0 Å². The Morgan fingerprint density at radius 1 is 1.37 bits per heavy atom. The van der Waals surface area contributed by atoms with Gasteiger partial charge >= 0.3 is 0 Å². The fourth-order valence-corrected chi connectivity index (χ4v) is 3.95. The maximum atomic E-state index is 11.4. The molecule has 0 amide bonds. The van der Waals surface area contributed by atoms with Crippen LogP contribution in [0.4, 0.5) is 5.69 Å². The van der Waals surface area contributed by atoms with Gasteiger partial charge in [-0.1, -0.05) is 0 Å². The molecule has 0 saturated carbocycles. The van der Waals surface area contributed by atoms with Gasteiger partial charge in [0.2, 0.25) is 0 Å². The van der Waals surface area contributed by atoms with Crippen molar-refractivity contribution < 1.29 is 13.2 Å². The van der Waals surface area contributed by atoms with Crippen LogP contribution in [0.2, 0.25) is 0 Å². The van der Waals surface area contributed by atoms with Gasteiger partial charge in [-0.05, 0) is 51.0 Å². The lowest BCUT2D eigenvalue weighted by Gasteiger charge is -2.16. The first-order valence-corrected chi connectivity index (χ1v) is 8.42. The highest BCUT2D eigenvalue weighted by Gasteiger charge is 2.27. The fourth-order valence-electron chi connectivity index (χ4n) is 2.27. The number of benzene rings is 1. The predicted molar refractivity (Wildman–Crippen MR) is 77.6 cm³/mol. The highest BCUT2D eigenvalue weighted by Crippen LogP contribution is 2.25. The number of ether oxygens (including phenoxy) is 1. The van der Waals surface area contributed by atoms with E-state index in [4.69, 9.17) is 4.74 Å². The highest BCUT2D eigenvalue weighted by molar-refractivity contribution is 7.91. The molecule has 1 heterocycles. The van der Waals surface area contributed by atoms with Crippen LogP contribution in [0.15, 0.2) is 18.2 Å². The summed E-state index contributed by atoms with van der Waals surface area (Å²) in [6, 6.07) is 5.88. The van der Waals surface area contributed by atoms with E-state index in [9.17, 15) is 8.42 Å². The summed E-state index contributed by atoms with van der Waals surface area (Å²) in [7, 11) is -2.84. The molecule has 1 aliphatic heterocycles. The van der Waals surface area contributed by atoms with Gasteiger partial charge in [0.25, 0.3) is 0 Å². The molecule has 1 aromatic rings. The Kier molecular flexibility index (Phi) is 4.04. The number of sulfone groups is 1. The second-order valence-corrected chi connectivity index (χ2v) is 7.62. The molecule has 19 heavy (non-hydrogen) atoms. The Morgan fingerprint density at radius 3 is 2.63 bits per heavy atom. The van der Waals surface area contributed by atoms with Gasteiger partial charge in [-0.2, -0.15) is 0 Å². The Balaban J connectivity index is 2.05. The average molecular weight is 283 g/mol. The lowest BCUT2D eigenvalue weighted by molar-refractivity contribution is 0.242. The highest BCUT2D eigenvalue weighted by atomic mass is 32.2. The molecule has 1 atom stereocenters. The van der Waals surface area contributed by atoms with E-state index in [0.717, 1.165) is 17.0 Å². The van der Waals surface area contributed by atoms with Crippen molar-refractivity contribution in [2.45, 2.75) is 39.3 Å². The molecule has 0 bridgehead atoms. The number of nitrogens with one attached hydrogen (secondary N) is 1. The zero-order chi connectivity index (χ0) is 14.0. The van der Waals surface area contributed by atoms with E-state index in [-0.39, 0.29) is 23.7 Å². The van der Waals surface area contributed by atoms with Gasteiger partial charge in [-0.25, -0.2) is 8.42 Å². The van der Waals surface area contributed by atoms with Crippen LogP contribution in [0.5, 0.6) is 5.75 Å². The van der Waals surface area contributed by atoms with Crippen LogP contribution in [0.25, 0.3) is 0 Å². The van der Waals surface area contributed by atoms with Crippen molar-refractivity contribution in [2.75, 3.05) is 16.8 Å². The molecule has 5 heteroatoms. The van der Waals surface area contributed by atoms with Crippen LogP contribution in [-0.4, -0.2) is 32.1 Å². The summed E-state index contributed by atoms with van der Waals surface area (Å²) >= 11 is 0. The summed E-state index contributed by atoms with van der Waals surface area (Å²) in [6.45, 7) is 5.98. The third-order valence-electron chi connectivity index (χ3n) is 3.16. The van der Waals surface area contributed by atoms with Crippen molar-refractivity contribution in [1.82, 2.24) is 0 Å². The molecule has 106 valence electrons. The Hall–Kier alpha value is -1.23. The molecule has 1 aromatic carbocycles. The molecule has 1 saturated heterocycles. The normalized spacial score (nSPS) is 21.6. The molecular weight excluding hydrogens is 262 g/mol. The summed E-state index contributed by atoms with van der Waals surface area (Å²) in [5, 5.41) is 3.31. The van der Waals surface area contributed by atoms with Gasteiger partial charge in [0.1, 0.15) is 5.75 Å². The summed E-state index contributed by atoms with van der Waals surface area (Å²) in [5.74, 6) is 1.37. The molecule has 0 aromatic heterocycles. The molecule has 4 nitrogen and oxygen atoms in total. The Labute approximate surface area is 115 Å². The smallest absolute Gasteiger partial charge is 0.152 e. The van der Waals surface area contributed by atoms with Crippen LogP contribution < -0.4 is 10.1 Å². The maximum absolute atomic E-state index is 11.4. The predicted octanol–water partition coefficient (Wildman–Crippen LogP) is 2.38. The minimum Gasteiger partial charge on any atom is -0.491 e. The lowest BCUT2D eigenvalue weighted by atomic mass is 10.1. The standard InChI is InChI=1S/C14H21NO3S/c1-10(2)18-13-4-5-14(11(3)8-13)15-12-6-7-19(16,17)9-12/h4-5,8,10,12,15H,6-7,9H2,1-3H3. The molecule has 0 aliphatic carbocycles. The minimum absolute atomic E-state index is 0.0283. The molecule has 0 radical (unpaired) electrons. The van der Waals surface area contributed by atoms with E-state index in [2.05, 4.69) is 5.32 Å². The van der Waals surface area contributed by atoms with Crippen LogP contribution in [-0.2, 0) is 9.84 Å². The second-order valence-electron chi connectivity index (χ2n) is 5.39. The summed E-state index contributed by atoms with van der Waals surface area (Å²) in [4.78, 5) is 0. The summed E-state index contributed by atoms with van der Waals surface area (Å²) < 4.78 is 28.5. The first kappa shape index (κ1) is 14.2. The monoisotopic (exact) mass is 283 g/mol. The largest absolute Gasteiger partial charge is 0.491 e. The second kappa shape index (κ2) is 5.41. The van der Waals surface area contributed by atoms with E-state index in [1.54, 1.807) is 0 Å². The lowest BCUT2D eigenvalue weighted by Crippen LogP contribution is -2.21. The Bertz CT molecular complexity index is 552. The zero-order valence-corrected chi connectivity index (χ0v) is 12.5. The van der Waals surface area contributed by atoms with Crippen molar-refractivity contribution in [1.29, 1.82) is 0 Å². The van der Waals surface area contributed by atoms with Crippen molar-refractivity contribution in [2.24, 2.45) is 0 Å². The zero-order valence-electron chi connectivity index (χ0n) is 11.6. The van der Waals surface area contributed by atoms with Gasteiger partial charge in [0.05, 0.1) is 17.6 Å². The number of anilines is 1. The van der Waals surface area contributed by atoms with Gasteiger partial charge < -0.3 is 10.1 Å². The van der Waals surface area contributed by atoms with E-state index < -0.39 is 9.84 Å².